The first-order chi connectivity index (χ1) is 9.40. The molecule has 0 saturated carbocycles. The third-order valence-electron chi connectivity index (χ3n) is 3.14. The number of furan rings is 1. The number of aryl methyl sites for hydroxylation is 2. The lowest BCUT2D eigenvalue weighted by Crippen LogP contribution is -2.09. The first-order valence-electron chi connectivity index (χ1n) is 6.73. The summed E-state index contributed by atoms with van der Waals surface area (Å²) in [7, 11) is 0. The molecule has 20 heavy (non-hydrogen) atoms. The van der Waals surface area contributed by atoms with E-state index in [1.165, 1.54) is 0 Å². The lowest BCUT2D eigenvalue weighted by Gasteiger charge is -2.05. The van der Waals surface area contributed by atoms with Gasteiger partial charge in [-0.05, 0) is 37.8 Å². The molecule has 2 aromatic heterocycles. The molecule has 2 N–H and O–H groups in total. The first-order valence-corrected chi connectivity index (χ1v) is 6.73. The van der Waals surface area contributed by atoms with Crippen LogP contribution in [0.25, 0.3) is 11.1 Å². The van der Waals surface area contributed by atoms with Crippen molar-refractivity contribution in [1.29, 1.82) is 0 Å². The number of rotatable bonds is 4. The Hall–Kier alpha value is -2.04. The third-order valence-corrected chi connectivity index (χ3v) is 3.14. The Bertz CT molecular complexity index is 644. The number of aromatic nitrogens is 1. The van der Waals surface area contributed by atoms with Crippen molar-refractivity contribution in [2.45, 2.75) is 34.1 Å². The lowest BCUT2D eigenvalue weighted by atomic mass is 10.1. The zero-order valence-corrected chi connectivity index (χ0v) is 12.3. The van der Waals surface area contributed by atoms with Gasteiger partial charge in [-0.3, -0.25) is 0 Å². The molecule has 2 heterocycles. The number of nitrogens with zero attached hydrogens (tertiary/aromatic N) is 1. The highest BCUT2D eigenvalue weighted by Gasteiger charge is 2.22. The van der Waals surface area contributed by atoms with Crippen molar-refractivity contribution in [2.24, 2.45) is 5.92 Å². The van der Waals surface area contributed by atoms with Crippen LogP contribution in [-0.2, 0) is 4.74 Å². The summed E-state index contributed by atoms with van der Waals surface area (Å²) in [6.45, 7) is 8.28. The Balaban J connectivity index is 2.29. The Morgan fingerprint density at radius 2 is 2.15 bits per heavy atom. The van der Waals surface area contributed by atoms with E-state index < -0.39 is 5.97 Å². The Kier molecular flexibility index (Phi) is 3.97. The second-order valence-corrected chi connectivity index (χ2v) is 5.42. The third kappa shape index (κ3) is 2.76. The monoisotopic (exact) mass is 276 g/mol. The van der Waals surface area contributed by atoms with Gasteiger partial charge >= 0.3 is 5.97 Å². The van der Waals surface area contributed by atoms with Crippen LogP contribution in [0.4, 0.5) is 5.69 Å². The van der Waals surface area contributed by atoms with Crippen molar-refractivity contribution in [3.8, 4) is 0 Å². The van der Waals surface area contributed by atoms with Gasteiger partial charge in [0.05, 0.1) is 17.7 Å². The lowest BCUT2D eigenvalue weighted by molar-refractivity contribution is 0.0456. The molecule has 5 heteroatoms. The molecule has 0 aliphatic rings. The molecule has 0 spiro atoms. The van der Waals surface area contributed by atoms with E-state index >= 15 is 0 Å². The highest BCUT2D eigenvalue weighted by Crippen LogP contribution is 2.30. The average molecular weight is 276 g/mol. The number of carbonyl (C=O) groups is 1. The molecule has 0 radical (unpaired) electrons. The Morgan fingerprint density at radius 1 is 1.45 bits per heavy atom. The summed E-state index contributed by atoms with van der Waals surface area (Å²) < 4.78 is 10.6. The van der Waals surface area contributed by atoms with Crippen LogP contribution in [0.5, 0.6) is 0 Å². The van der Waals surface area contributed by atoms with Crippen LogP contribution in [-0.4, -0.2) is 17.6 Å². The van der Waals surface area contributed by atoms with Crippen molar-refractivity contribution in [2.75, 3.05) is 12.3 Å². The number of nitrogen functional groups attached to an aromatic ring is 1. The zero-order valence-electron chi connectivity index (χ0n) is 12.3. The molecule has 0 aliphatic heterocycles. The Labute approximate surface area is 118 Å². The number of hydrogen-bond donors (Lipinski definition) is 1. The van der Waals surface area contributed by atoms with Gasteiger partial charge < -0.3 is 14.9 Å². The smallest absolute Gasteiger partial charge is 0.376 e. The fraction of sp³-hybridized carbons (Fsp3) is 0.467. The second kappa shape index (κ2) is 5.53. The maximum absolute atomic E-state index is 12.0. The molecule has 108 valence electrons. The predicted molar refractivity (Wildman–Crippen MR) is 77.6 cm³/mol. The molecule has 5 nitrogen and oxygen atoms in total. The van der Waals surface area contributed by atoms with Crippen molar-refractivity contribution in [3.05, 3.63) is 23.1 Å². The number of hydrogen-bond acceptors (Lipinski definition) is 5. The fourth-order valence-electron chi connectivity index (χ4n) is 2.07. The first kappa shape index (κ1) is 14.4. The van der Waals surface area contributed by atoms with E-state index in [1.807, 2.05) is 19.9 Å². The molecule has 0 atom stereocenters. The van der Waals surface area contributed by atoms with Crippen LogP contribution in [0.1, 0.15) is 42.1 Å². The maximum Gasteiger partial charge on any atom is 0.376 e. The number of fused-ring (bicyclic) bond motifs is 1. The molecular formula is C15H20N2O3. The fourth-order valence-corrected chi connectivity index (χ4v) is 2.07. The van der Waals surface area contributed by atoms with E-state index in [0.29, 0.717) is 29.3 Å². The summed E-state index contributed by atoms with van der Waals surface area (Å²) in [4.78, 5) is 16.2. The molecular weight excluding hydrogens is 256 g/mol. The van der Waals surface area contributed by atoms with Gasteiger partial charge in [0.1, 0.15) is 0 Å². The second-order valence-electron chi connectivity index (χ2n) is 5.42. The van der Waals surface area contributed by atoms with Gasteiger partial charge in [0.25, 0.3) is 0 Å². The van der Waals surface area contributed by atoms with Crippen molar-refractivity contribution in [1.82, 2.24) is 4.98 Å². The van der Waals surface area contributed by atoms with Gasteiger partial charge in [-0.15, -0.1) is 0 Å². The van der Waals surface area contributed by atoms with E-state index in [9.17, 15) is 4.79 Å². The number of pyridine rings is 1. The Morgan fingerprint density at radius 3 is 2.80 bits per heavy atom. The van der Waals surface area contributed by atoms with Crippen molar-refractivity contribution >= 4 is 22.8 Å². The number of carbonyl (C=O) groups excluding carboxylic acids is 1. The number of nitrogens with two attached hydrogens (primary N) is 1. The van der Waals surface area contributed by atoms with Crippen molar-refractivity contribution in [3.63, 3.8) is 0 Å². The van der Waals surface area contributed by atoms with E-state index in [1.54, 1.807) is 0 Å². The summed E-state index contributed by atoms with van der Waals surface area (Å²) in [6.07, 6.45) is 0.808. The number of anilines is 1. The standard InChI is InChI=1S/C15H20N2O3/c1-8(2)5-6-19-15(18)13-12(16)11-9(3)7-10(4)17-14(11)20-13/h7-8H,5-6,16H2,1-4H3. The SMILES string of the molecule is Cc1cc(C)c2c(N)c(C(=O)OCCC(C)C)oc2n1. The maximum atomic E-state index is 12.0. The minimum absolute atomic E-state index is 0.0463. The van der Waals surface area contributed by atoms with Crippen LogP contribution >= 0.6 is 0 Å². The molecule has 0 unspecified atom stereocenters. The summed E-state index contributed by atoms with van der Waals surface area (Å²) in [5.41, 5.74) is 8.44. The van der Waals surface area contributed by atoms with Gasteiger partial charge in [-0.2, -0.15) is 0 Å². The molecule has 2 aromatic rings. The van der Waals surface area contributed by atoms with Crippen LogP contribution in [0, 0.1) is 19.8 Å². The molecule has 0 saturated heterocycles. The van der Waals surface area contributed by atoms with E-state index in [-0.39, 0.29) is 5.76 Å². The minimum atomic E-state index is -0.529. The topological polar surface area (TPSA) is 78.4 Å². The normalized spacial score (nSPS) is 11.2. The van der Waals surface area contributed by atoms with Gasteiger partial charge in [0.2, 0.25) is 11.5 Å². The quantitative estimate of drug-likeness (QED) is 0.867. The average Bonchev–Trinajstić information content (AvgIpc) is 2.65. The summed E-state index contributed by atoms with van der Waals surface area (Å²) in [5.74, 6) is -0.00876. The van der Waals surface area contributed by atoms with Gasteiger partial charge in [0.15, 0.2) is 0 Å². The van der Waals surface area contributed by atoms with E-state index in [0.717, 1.165) is 17.7 Å². The van der Waals surface area contributed by atoms with Gasteiger partial charge in [-0.25, -0.2) is 9.78 Å². The zero-order chi connectivity index (χ0) is 14.9. The molecule has 0 bridgehead atoms. The largest absolute Gasteiger partial charge is 0.460 e. The molecule has 0 fully saturated rings. The minimum Gasteiger partial charge on any atom is -0.460 e. The van der Waals surface area contributed by atoms with Crippen LogP contribution in [0.3, 0.4) is 0 Å². The van der Waals surface area contributed by atoms with E-state index in [4.69, 9.17) is 14.9 Å². The molecule has 2 rings (SSSR count). The predicted octanol–water partition coefficient (Wildman–Crippen LogP) is 3.23. The van der Waals surface area contributed by atoms with Crippen LogP contribution < -0.4 is 5.73 Å². The van der Waals surface area contributed by atoms with Gasteiger partial charge in [0, 0.05) is 5.69 Å². The molecule has 0 aliphatic carbocycles. The van der Waals surface area contributed by atoms with Crippen molar-refractivity contribution < 1.29 is 13.9 Å². The van der Waals surface area contributed by atoms with Crippen LogP contribution in [0.15, 0.2) is 10.5 Å². The molecule has 0 aromatic carbocycles. The summed E-state index contributed by atoms with van der Waals surface area (Å²) in [5, 5.41) is 0.686. The number of ether oxygens (including phenoxy) is 1. The highest BCUT2D eigenvalue weighted by molar-refractivity contribution is 6.03. The summed E-state index contributed by atoms with van der Waals surface area (Å²) in [6, 6.07) is 1.90. The highest BCUT2D eigenvalue weighted by atomic mass is 16.5. The van der Waals surface area contributed by atoms with E-state index in [2.05, 4.69) is 18.8 Å². The van der Waals surface area contributed by atoms with Gasteiger partial charge in [-0.1, -0.05) is 13.8 Å². The summed E-state index contributed by atoms with van der Waals surface area (Å²) >= 11 is 0. The number of esters is 1. The van der Waals surface area contributed by atoms with Crippen LogP contribution in [0.2, 0.25) is 0 Å². The molecule has 0 amide bonds.